The van der Waals surface area contributed by atoms with Crippen LogP contribution in [0.3, 0.4) is 0 Å². The fourth-order valence-corrected chi connectivity index (χ4v) is 2.27. The van der Waals surface area contributed by atoms with Crippen molar-refractivity contribution < 1.29 is 9.53 Å². The van der Waals surface area contributed by atoms with Crippen LogP contribution >= 0.6 is 0 Å². The molecule has 0 bridgehead atoms. The first kappa shape index (κ1) is 8.97. The van der Waals surface area contributed by atoms with Gasteiger partial charge in [-0.15, -0.1) is 0 Å². The lowest BCUT2D eigenvalue weighted by molar-refractivity contribution is -0.125. The van der Waals surface area contributed by atoms with Crippen LogP contribution in [0.1, 0.15) is 25.7 Å². The van der Waals surface area contributed by atoms with Crippen LogP contribution in [0.4, 0.5) is 0 Å². The number of nitrogens with two attached hydrogens (primary N) is 1. The van der Waals surface area contributed by atoms with Crippen molar-refractivity contribution in [2.45, 2.75) is 31.4 Å². The predicted octanol–water partition coefficient (Wildman–Crippen LogP) is -0.0220. The molecule has 2 aliphatic rings. The number of primary amides is 1. The number of carbonyl (C=O) groups excluding carboxylic acids is 1. The van der Waals surface area contributed by atoms with Crippen molar-refractivity contribution in [2.75, 3.05) is 13.2 Å². The Labute approximate surface area is 77.8 Å². The second-order valence-corrected chi connectivity index (χ2v) is 3.95. The largest absolute Gasteiger partial charge is 0.369 e. The van der Waals surface area contributed by atoms with Gasteiger partial charge in [-0.2, -0.15) is 0 Å². The second kappa shape index (κ2) is 3.27. The zero-order chi connectivity index (χ0) is 9.31. The third-order valence-corrected chi connectivity index (χ3v) is 3.12. The van der Waals surface area contributed by atoms with Crippen LogP contribution in [0.5, 0.6) is 0 Å². The van der Waals surface area contributed by atoms with E-state index in [2.05, 4.69) is 5.32 Å². The minimum absolute atomic E-state index is 0.0663. The van der Waals surface area contributed by atoms with Gasteiger partial charge in [0.1, 0.15) is 5.72 Å². The van der Waals surface area contributed by atoms with Crippen molar-refractivity contribution in [1.82, 2.24) is 5.32 Å². The van der Waals surface area contributed by atoms with Gasteiger partial charge in [0.15, 0.2) is 0 Å². The molecule has 2 rings (SSSR count). The highest BCUT2D eigenvalue weighted by molar-refractivity contribution is 5.76. The van der Waals surface area contributed by atoms with Crippen molar-refractivity contribution in [3.05, 3.63) is 0 Å². The number of amides is 1. The molecule has 3 N–H and O–H groups in total. The van der Waals surface area contributed by atoms with E-state index in [9.17, 15) is 4.79 Å². The Hall–Kier alpha value is -0.610. The summed E-state index contributed by atoms with van der Waals surface area (Å²) in [6.07, 6.45) is 3.56. The average molecular weight is 184 g/mol. The number of carbonyl (C=O) groups is 1. The van der Waals surface area contributed by atoms with E-state index in [1.54, 1.807) is 0 Å². The summed E-state index contributed by atoms with van der Waals surface area (Å²) in [5.41, 5.74) is 5.14. The summed E-state index contributed by atoms with van der Waals surface area (Å²) < 4.78 is 5.65. The number of nitrogens with one attached hydrogen (secondary N) is 1. The molecule has 4 heteroatoms. The molecular formula is C9H16N2O2. The van der Waals surface area contributed by atoms with Gasteiger partial charge in [0, 0.05) is 12.5 Å². The molecule has 1 aliphatic carbocycles. The molecule has 0 atom stereocenters. The molecule has 1 saturated carbocycles. The van der Waals surface area contributed by atoms with Crippen molar-refractivity contribution >= 4 is 5.91 Å². The zero-order valence-electron chi connectivity index (χ0n) is 7.71. The molecule has 0 radical (unpaired) electrons. The van der Waals surface area contributed by atoms with Crippen LogP contribution in [0.2, 0.25) is 0 Å². The molecule has 1 aliphatic heterocycles. The van der Waals surface area contributed by atoms with E-state index < -0.39 is 0 Å². The molecule has 0 aromatic rings. The minimum Gasteiger partial charge on any atom is -0.369 e. The Morgan fingerprint density at radius 1 is 1.46 bits per heavy atom. The first-order chi connectivity index (χ1) is 6.22. The number of hydrogen-bond donors (Lipinski definition) is 2. The van der Waals surface area contributed by atoms with Crippen molar-refractivity contribution in [2.24, 2.45) is 11.7 Å². The molecule has 1 saturated heterocycles. The standard InChI is InChI=1S/C9H16N2O2/c10-8(12)7-1-3-9(4-2-7)11-5-6-13-9/h7,11H,1-6H2,(H2,10,12). The van der Waals surface area contributed by atoms with E-state index in [1.165, 1.54) is 0 Å². The Bertz CT molecular complexity index is 202. The number of hydrogen-bond acceptors (Lipinski definition) is 3. The Balaban J connectivity index is 1.91. The maximum atomic E-state index is 10.9. The molecule has 74 valence electrons. The minimum atomic E-state index is -0.159. The molecule has 2 fully saturated rings. The lowest BCUT2D eigenvalue weighted by Gasteiger charge is -2.35. The SMILES string of the molecule is NC(=O)C1CCC2(CC1)NCCO2. The summed E-state index contributed by atoms with van der Waals surface area (Å²) in [4.78, 5) is 10.9. The lowest BCUT2D eigenvalue weighted by atomic mass is 9.83. The third kappa shape index (κ3) is 1.69. The smallest absolute Gasteiger partial charge is 0.220 e. The topological polar surface area (TPSA) is 64.4 Å². The highest BCUT2D eigenvalue weighted by Gasteiger charge is 2.39. The first-order valence-electron chi connectivity index (χ1n) is 4.90. The third-order valence-electron chi connectivity index (χ3n) is 3.12. The van der Waals surface area contributed by atoms with Crippen LogP contribution < -0.4 is 11.1 Å². The molecule has 13 heavy (non-hydrogen) atoms. The van der Waals surface area contributed by atoms with E-state index in [0.717, 1.165) is 38.8 Å². The van der Waals surface area contributed by atoms with E-state index >= 15 is 0 Å². The lowest BCUT2D eigenvalue weighted by Crippen LogP contribution is -2.46. The van der Waals surface area contributed by atoms with Crippen LogP contribution in [-0.2, 0) is 9.53 Å². The molecular weight excluding hydrogens is 168 g/mol. The maximum Gasteiger partial charge on any atom is 0.220 e. The second-order valence-electron chi connectivity index (χ2n) is 3.95. The molecule has 4 nitrogen and oxygen atoms in total. The molecule has 0 aromatic carbocycles. The Kier molecular flexibility index (Phi) is 2.26. The van der Waals surface area contributed by atoms with Gasteiger partial charge in [-0.05, 0) is 25.7 Å². The van der Waals surface area contributed by atoms with Crippen molar-refractivity contribution in [3.8, 4) is 0 Å². The summed E-state index contributed by atoms with van der Waals surface area (Å²) in [5.74, 6) is -0.0931. The van der Waals surface area contributed by atoms with Gasteiger partial charge in [0.2, 0.25) is 5.91 Å². The van der Waals surface area contributed by atoms with Crippen LogP contribution in [0.25, 0.3) is 0 Å². The summed E-state index contributed by atoms with van der Waals surface area (Å²) in [6.45, 7) is 1.72. The highest BCUT2D eigenvalue weighted by Crippen LogP contribution is 2.34. The molecule has 1 amide bonds. The Morgan fingerprint density at radius 3 is 2.62 bits per heavy atom. The fraction of sp³-hybridized carbons (Fsp3) is 0.889. The first-order valence-corrected chi connectivity index (χ1v) is 4.90. The van der Waals surface area contributed by atoms with E-state index in [0.29, 0.717) is 0 Å². The van der Waals surface area contributed by atoms with E-state index in [4.69, 9.17) is 10.5 Å². The summed E-state index contributed by atoms with van der Waals surface area (Å²) in [7, 11) is 0. The van der Waals surface area contributed by atoms with Gasteiger partial charge in [-0.25, -0.2) is 0 Å². The molecule has 1 spiro atoms. The number of rotatable bonds is 1. The van der Waals surface area contributed by atoms with Crippen molar-refractivity contribution in [1.29, 1.82) is 0 Å². The van der Waals surface area contributed by atoms with Crippen LogP contribution in [0, 0.1) is 5.92 Å². The summed E-state index contributed by atoms with van der Waals surface area (Å²) >= 11 is 0. The Morgan fingerprint density at radius 2 is 2.15 bits per heavy atom. The quantitative estimate of drug-likeness (QED) is 0.602. The molecule has 1 heterocycles. The fourth-order valence-electron chi connectivity index (χ4n) is 2.27. The predicted molar refractivity (Wildman–Crippen MR) is 47.8 cm³/mol. The average Bonchev–Trinajstić information content (AvgIpc) is 2.54. The van der Waals surface area contributed by atoms with Gasteiger partial charge in [0.25, 0.3) is 0 Å². The highest BCUT2D eigenvalue weighted by atomic mass is 16.5. The van der Waals surface area contributed by atoms with Crippen LogP contribution in [0.15, 0.2) is 0 Å². The van der Waals surface area contributed by atoms with E-state index in [-0.39, 0.29) is 17.6 Å². The van der Waals surface area contributed by atoms with Gasteiger partial charge in [0.05, 0.1) is 6.61 Å². The number of ether oxygens (including phenoxy) is 1. The summed E-state index contributed by atoms with van der Waals surface area (Å²) in [6, 6.07) is 0. The normalized spacial score (nSPS) is 39.5. The van der Waals surface area contributed by atoms with Gasteiger partial charge in [-0.3, -0.25) is 10.1 Å². The van der Waals surface area contributed by atoms with Crippen LogP contribution in [-0.4, -0.2) is 24.8 Å². The van der Waals surface area contributed by atoms with Crippen molar-refractivity contribution in [3.63, 3.8) is 0 Å². The molecule has 0 aromatic heterocycles. The van der Waals surface area contributed by atoms with Gasteiger partial charge < -0.3 is 10.5 Å². The van der Waals surface area contributed by atoms with Gasteiger partial charge >= 0.3 is 0 Å². The zero-order valence-corrected chi connectivity index (χ0v) is 7.71. The van der Waals surface area contributed by atoms with Gasteiger partial charge in [-0.1, -0.05) is 0 Å². The maximum absolute atomic E-state index is 10.9. The van der Waals surface area contributed by atoms with E-state index in [1.807, 2.05) is 0 Å². The molecule has 0 unspecified atom stereocenters. The monoisotopic (exact) mass is 184 g/mol. The summed E-state index contributed by atoms with van der Waals surface area (Å²) in [5, 5.41) is 3.36.